The Balaban J connectivity index is 1.74. The smallest absolute Gasteiger partial charge is 0.342 e. The predicted molar refractivity (Wildman–Crippen MR) is 76.3 cm³/mol. The normalized spacial score (nSPS) is 21.3. The third-order valence-electron chi connectivity index (χ3n) is 4.29. The van der Waals surface area contributed by atoms with Gasteiger partial charge in [-0.3, -0.25) is 9.63 Å². The summed E-state index contributed by atoms with van der Waals surface area (Å²) in [6.45, 7) is 0. The number of halogens is 3. The molecule has 124 valence electrons. The molecule has 1 aliphatic carbocycles. The van der Waals surface area contributed by atoms with E-state index in [2.05, 4.69) is 9.97 Å². The fourth-order valence-corrected chi connectivity index (χ4v) is 2.79. The van der Waals surface area contributed by atoms with Crippen LogP contribution in [0, 0.1) is 5.92 Å². The number of carbonyl (C=O) groups excluding carboxylic acids is 1. The van der Waals surface area contributed by atoms with E-state index in [1.54, 1.807) is 7.05 Å². The number of fused-ring (bicyclic) bond motifs is 1. The van der Waals surface area contributed by atoms with Crippen LogP contribution in [0.25, 0.3) is 11.0 Å². The van der Waals surface area contributed by atoms with E-state index in [9.17, 15) is 18.0 Å². The van der Waals surface area contributed by atoms with E-state index in [1.165, 1.54) is 18.2 Å². The Bertz CT molecular complexity index is 735. The molecule has 1 amide bonds. The summed E-state index contributed by atoms with van der Waals surface area (Å²) in [6, 6.07) is 3.45. The molecule has 1 N–H and O–H groups in total. The van der Waals surface area contributed by atoms with Crippen molar-refractivity contribution >= 4 is 16.9 Å². The number of nitrogens with zero attached hydrogens (tertiary/aromatic N) is 2. The molecule has 0 atom stereocenters. The largest absolute Gasteiger partial charge is 0.416 e. The highest BCUT2D eigenvalue weighted by Crippen LogP contribution is 2.42. The van der Waals surface area contributed by atoms with Gasteiger partial charge < -0.3 is 4.98 Å². The maximum atomic E-state index is 12.7. The predicted octanol–water partition coefficient (Wildman–Crippen LogP) is 3.10. The van der Waals surface area contributed by atoms with Gasteiger partial charge in [-0.05, 0) is 31.0 Å². The maximum Gasteiger partial charge on any atom is 0.416 e. The van der Waals surface area contributed by atoms with Crippen LogP contribution < -0.4 is 0 Å². The Morgan fingerprint density at radius 2 is 2.09 bits per heavy atom. The second-order valence-corrected chi connectivity index (χ2v) is 5.74. The van der Waals surface area contributed by atoms with Crippen LogP contribution in [0.2, 0.25) is 0 Å². The lowest BCUT2D eigenvalue weighted by molar-refractivity contribution is -0.176. The van der Waals surface area contributed by atoms with E-state index in [1.807, 2.05) is 0 Å². The minimum absolute atomic E-state index is 0.0518. The van der Waals surface area contributed by atoms with Gasteiger partial charge in [0.2, 0.25) is 5.91 Å². The zero-order chi connectivity index (χ0) is 16.8. The Morgan fingerprint density at radius 1 is 1.39 bits per heavy atom. The van der Waals surface area contributed by atoms with Crippen LogP contribution in [0.3, 0.4) is 0 Å². The second kappa shape index (κ2) is 5.52. The monoisotopic (exact) mass is 327 g/mol. The van der Waals surface area contributed by atoms with Gasteiger partial charge in [-0.2, -0.15) is 13.2 Å². The fourth-order valence-electron chi connectivity index (χ4n) is 2.79. The molecule has 8 heteroatoms. The van der Waals surface area contributed by atoms with Crippen LogP contribution in [-0.4, -0.2) is 35.1 Å². The van der Waals surface area contributed by atoms with Crippen molar-refractivity contribution in [2.45, 2.75) is 24.9 Å². The van der Waals surface area contributed by atoms with Crippen LogP contribution in [0.4, 0.5) is 13.2 Å². The summed E-state index contributed by atoms with van der Waals surface area (Å²) in [5.41, 5.74) is 0.141. The van der Waals surface area contributed by atoms with Gasteiger partial charge in [0.25, 0.3) is 0 Å². The second-order valence-electron chi connectivity index (χ2n) is 5.74. The number of rotatable bonds is 3. The summed E-state index contributed by atoms with van der Waals surface area (Å²) in [6.07, 6.45) is -3.16. The van der Waals surface area contributed by atoms with Gasteiger partial charge in [-0.1, -0.05) is 0 Å². The molecule has 0 radical (unpaired) electrons. The van der Waals surface area contributed by atoms with Crippen molar-refractivity contribution in [3.05, 3.63) is 29.6 Å². The van der Waals surface area contributed by atoms with Gasteiger partial charge >= 0.3 is 6.18 Å². The van der Waals surface area contributed by atoms with Crippen LogP contribution in [-0.2, 0) is 15.8 Å². The molecule has 0 aliphatic heterocycles. The summed E-state index contributed by atoms with van der Waals surface area (Å²) in [7, 11) is 2.97. The zero-order valence-electron chi connectivity index (χ0n) is 12.6. The number of nitrogens with one attached hydrogen (secondary N) is 1. The fraction of sp³-hybridized carbons (Fsp3) is 0.467. The number of carbonyl (C=O) groups is 1. The third kappa shape index (κ3) is 2.90. The average Bonchev–Trinajstić information content (AvgIpc) is 2.85. The lowest BCUT2D eigenvalue weighted by Gasteiger charge is -2.34. The summed E-state index contributed by atoms with van der Waals surface area (Å²) < 4.78 is 38.1. The van der Waals surface area contributed by atoms with Gasteiger partial charge in [0.15, 0.2) is 0 Å². The van der Waals surface area contributed by atoms with Crippen molar-refractivity contribution in [1.82, 2.24) is 15.0 Å². The number of alkyl halides is 3. The first kappa shape index (κ1) is 15.8. The van der Waals surface area contributed by atoms with Crippen LogP contribution in [0.15, 0.2) is 18.2 Å². The number of amides is 1. The molecule has 23 heavy (non-hydrogen) atoms. The van der Waals surface area contributed by atoms with Crippen molar-refractivity contribution in [2.24, 2.45) is 5.92 Å². The van der Waals surface area contributed by atoms with E-state index in [0.29, 0.717) is 29.7 Å². The highest BCUT2D eigenvalue weighted by Gasteiger charge is 2.39. The summed E-state index contributed by atoms with van der Waals surface area (Å²) in [4.78, 5) is 24.1. The summed E-state index contributed by atoms with van der Waals surface area (Å²) >= 11 is 0. The lowest BCUT2D eigenvalue weighted by Crippen LogP contribution is -2.38. The van der Waals surface area contributed by atoms with Gasteiger partial charge in [0.05, 0.1) is 23.7 Å². The maximum absolute atomic E-state index is 12.7. The molecule has 1 aliphatic rings. The van der Waals surface area contributed by atoms with Crippen molar-refractivity contribution in [2.75, 3.05) is 14.2 Å². The first-order valence-corrected chi connectivity index (χ1v) is 7.18. The molecule has 5 nitrogen and oxygen atoms in total. The minimum atomic E-state index is -4.38. The van der Waals surface area contributed by atoms with Gasteiger partial charge in [0, 0.05) is 18.9 Å². The average molecular weight is 327 g/mol. The number of H-pyrrole nitrogens is 1. The molecule has 0 bridgehead atoms. The number of hydrogen-bond donors (Lipinski definition) is 1. The zero-order valence-corrected chi connectivity index (χ0v) is 12.6. The van der Waals surface area contributed by atoms with Crippen molar-refractivity contribution < 1.29 is 22.8 Å². The molecular weight excluding hydrogens is 311 g/mol. The number of aromatic nitrogens is 2. The standard InChI is InChI=1S/C15H16F3N3O2/c1-21(23-2)14(22)9-5-8(6-9)13-19-11-4-3-10(15(16,17)18)7-12(11)20-13/h3-4,7-9H,5-6H2,1-2H3,(H,19,20). The molecular formula is C15H16F3N3O2. The number of aromatic amines is 1. The van der Waals surface area contributed by atoms with Gasteiger partial charge in [-0.15, -0.1) is 0 Å². The Labute approximate surface area is 130 Å². The number of benzene rings is 1. The van der Waals surface area contributed by atoms with Crippen LogP contribution in [0.5, 0.6) is 0 Å². The topological polar surface area (TPSA) is 58.2 Å². The Hall–Kier alpha value is -2.09. The molecule has 1 aromatic heterocycles. The van der Waals surface area contributed by atoms with Gasteiger partial charge in [-0.25, -0.2) is 10.0 Å². The first-order chi connectivity index (χ1) is 10.8. The number of hydrogen-bond acceptors (Lipinski definition) is 3. The Kier molecular flexibility index (Phi) is 3.79. The molecule has 0 unspecified atom stereocenters. The van der Waals surface area contributed by atoms with E-state index >= 15 is 0 Å². The molecule has 1 heterocycles. The number of imidazole rings is 1. The molecule has 0 saturated heterocycles. The van der Waals surface area contributed by atoms with Crippen LogP contribution in [0.1, 0.15) is 30.1 Å². The highest BCUT2D eigenvalue weighted by molar-refractivity contribution is 5.79. The molecule has 1 saturated carbocycles. The SMILES string of the molecule is CON(C)C(=O)C1CC(c2nc3cc(C(F)(F)F)ccc3[nH]2)C1. The van der Waals surface area contributed by atoms with E-state index < -0.39 is 11.7 Å². The van der Waals surface area contributed by atoms with E-state index in [4.69, 9.17) is 4.84 Å². The minimum Gasteiger partial charge on any atom is -0.342 e. The van der Waals surface area contributed by atoms with Crippen LogP contribution >= 0.6 is 0 Å². The summed E-state index contributed by atoms with van der Waals surface area (Å²) in [5.74, 6) is 0.447. The molecule has 0 spiro atoms. The summed E-state index contributed by atoms with van der Waals surface area (Å²) in [5, 5.41) is 1.19. The van der Waals surface area contributed by atoms with Crippen molar-refractivity contribution in [3.8, 4) is 0 Å². The van der Waals surface area contributed by atoms with E-state index in [-0.39, 0.29) is 17.7 Å². The lowest BCUT2D eigenvalue weighted by atomic mass is 9.74. The molecule has 2 aromatic rings. The number of hydroxylamine groups is 2. The highest BCUT2D eigenvalue weighted by atomic mass is 19.4. The molecule has 1 aromatic carbocycles. The molecule has 1 fully saturated rings. The third-order valence-corrected chi connectivity index (χ3v) is 4.29. The van der Waals surface area contributed by atoms with E-state index in [0.717, 1.165) is 12.1 Å². The quantitative estimate of drug-likeness (QED) is 0.881. The molecule has 3 rings (SSSR count). The van der Waals surface area contributed by atoms with Crippen molar-refractivity contribution in [1.29, 1.82) is 0 Å². The first-order valence-electron chi connectivity index (χ1n) is 7.18. The van der Waals surface area contributed by atoms with Crippen molar-refractivity contribution in [3.63, 3.8) is 0 Å². The van der Waals surface area contributed by atoms with Gasteiger partial charge in [0.1, 0.15) is 5.82 Å². The Morgan fingerprint density at radius 3 is 2.70 bits per heavy atom.